The molecule has 1 aromatic carbocycles. The fraction of sp³-hybridized carbons (Fsp3) is 0.385. The number of ether oxygens (including phenoxy) is 1. The lowest BCUT2D eigenvalue weighted by Crippen LogP contribution is -2.59. The second-order valence-electron chi connectivity index (χ2n) is 4.83. The van der Waals surface area contributed by atoms with Crippen LogP contribution in [0.4, 0.5) is 0 Å². The Bertz CT molecular complexity index is 678. The van der Waals surface area contributed by atoms with E-state index < -0.39 is 27.5 Å². The van der Waals surface area contributed by atoms with Gasteiger partial charge in [-0.05, 0) is 31.4 Å². The standard InChI is InChI=1S/C13H15NO6S/c1-20-11(15)9-5-2-3-6-10(9)21(18,19)14-13(12(16)17)7-4-8-13/h2-3,5-6,14H,4,7-8H2,1H3,(H,16,17). The highest BCUT2D eigenvalue weighted by Crippen LogP contribution is 2.34. The zero-order valence-corrected chi connectivity index (χ0v) is 12.1. The molecule has 8 heteroatoms. The highest BCUT2D eigenvalue weighted by Gasteiger charge is 2.48. The number of nitrogens with one attached hydrogen (secondary N) is 1. The first-order valence-electron chi connectivity index (χ1n) is 6.27. The number of carbonyl (C=O) groups excluding carboxylic acids is 1. The molecule has 0 spiro atoms. The number of hydrogen-bond donors (Lipinski definition) is 2. The normalized spacial score (nSPS) is 16.8. The average molecular weight is 313 g/mol. The van der Waals surface area contributed by atoms with Crippen LogP contribution in [-0.4, -0.2) is 38.1 Å². The third-order valence-corrected chi connectivity index (χ3v) is 5.12. The van der Waals surface area contributed by atoms with Crippen molar-refractivity contribution in [1.82, 2.24) is 4.72 Å². The SMILES string of the molecule is COC(=O)c1ccccc1S(=O)(=O)NC1(C(=O)O)CCC1. The molecule has 0 bridgehead atoms. The third kappa shape index (κ3) is 2.77. The van der Waals surface area contributed by atoms with E-state index in [1.54, 1.807) is 0 Å². The van der Waals surface area contributed by atoms with Crippen LogP contribution in [0.5, 0.6) is 0 Å². The molecule has 0 unspecified atom stereocenters. The monoisotopic (exact) mass is 313 g/mol. The molecule has 2 rings (SSSR count). The van der Waals surface area contributed by atoms with Crippen LogP contribution in [0.2, 0.25) is 0 Å². The van der Waals surface area contributed by atoms with Gasteiger partial charge in [0, 0.05) is 0 Å². The van der Waals surface area contributed by atoms with Gasteiger partial charge in [-0.3, -0.25) is 4.79 Å². The molecular weight excluding hydrogens is 298 g/mol. The first kappa shape index (κ1) is 15.5. The minimum Gasteiger partial charge on any atom is -0.480 e. The van der Waals surface area contributed by atoms with E-state index in [0.29, 0.717) is 6.42 Å². The van der Waals surface area contributed by atoms with E-state index in [1.807, 2.05) is 0 Å². The molecule has 1 aliphatic rings. The zero-order chi connectivity index (χ0) is 15.7. The number of hydrogen-bond acceptors (Lipinski definition) is 5. The Hall–Kier alpha value is -1.93. The molecule has 1 aromatic rings. The van der Waals surface area contributed by atoms with Gasteiger partial charge in [0.2, 0.25) is 10.0 Å². The third-order valence-electron chi connectivity index (χ3n) is 3.53. The van der Waals surface area contributed by atoms with Crippen molar-refractivity contribution in [2.75, 3.05) is 7.11 Å². The maximum atomic E-state index is 12.4. The van der Waals surface area contributed by atoms with Gasteiger partial charge in [-0.25, -0.2) is 13.2 Å². The van der Waals surface area contributed by atoms with E-state index in [1.165, 1.54) is 24.3 Å². The number of aliphatic carboxylic acids is 1. The molecule has 1 saturated carbocycles. The van der Waals surface area contributed by atoms with Crippen LogP contribution in [0.25, 0.3) is 0 Å². The first-order chi connectivity index (χ1) is 9.82. The predicted octanol–water partition coefficient (Wildman–Crippen LogP) is 0.759. The number of benzene rings is 1. The van der Waals surface area contributed by atoms with Crippen molar-refractivity contribution in [2.24, 2.45) is 0 Å². The number of carboxylic acid groups (broad SMARTS) is 1. The van der Waals surface area contributed by atoms with Crippen LogP contribution in [0, 0.1) is 0 Å². The number of methoxy groups -OCH3 is 1. The largest absolute Gasteiger partial charge is 0.480 e. The summed E-state index contributed by atoms with van der Waals surface area (Å²) in [5.41, 5.74) is -1.62. The second-order valence-corrected chi connectivity index (χ2v) is 6.48. The molecule has 0 aromatic heterocycles. The van der Waals surface area contributed by atoms with Gasteiger partial charge in [0.1, 0.15) is 5.54 Å². The van der Waals surface area contributed by atoms with E-state index >= 15 is 0 Å². The second kappa shape index (κ2) is 5.45. The summed E-state index contributed by atoms with van der Waals surface area (Å²) in [6, 6.07) is 5.51. The quantitative estimate of drug-likeness (QED) is 0.777. The van der Waals surface area contributed by atoms with E-state index in [2.05, 4.69) is 9.46 Å². The van der Waals surface area contributed by atoms with Crippen LogP contribution in [-0.2, 0) is 19.6 Å². The van der Waals surface area contributed by atoms with Gasteiger partial charge in [0.25, 0.3) is 0 Å². The van der Waals surface area contributed by atoms with Gasteiger partial charge in [-0.2, -0.15) is 4.72 Å². The molecule has 21 heavy (non-hydrogen) atoms. The molecular formula is C13H15NO6S. The number of sulfonamides is 1. The summed E-state index contributed by atoms with van der Waals surface area (Å²) in [6.07, 6.45) is 1.08. The molecule has 114 valence electrons. The molecule has 0 aliphatic heterocycles. The average Bonchev–Trinajstić information content (AvgIpc) is 2.41. The summed E-state index contributed by atoms with van der Waals surface area (Å²) in [6.45, 7) is 0. The zero-order valence-electron chi connectivity index (χ0n) is 11.3. The van der Waals surface area contributed by atoms with Crippen LogP contribution in [0.3, 0.4) is 0 Å². The summed E-state index contributed by atoms with van der Waals surface area (Å²) >= 11 is 0. The smallest absolute Gasteiger partial charge is 0.339 e. The first-order valence-corrected chi connectivity index (χ1v) is 7.75. The van der Waals surface area contributed by atoms with Crippen molar-refractivity contribution in [3.63, 3.8) is 0 Å². The molecule has 0 amide bonds. The lowest BCUT2D eigenvalue weighted by atomic mass is 9.78. The van der Waals surface area contributed by atoms with Gasteiger partial charge in [0.05, 0.1) is 17.6 Å². The molecule has 2 N–H and O–H groups in total. The number of carboxylic acids is 1. The van der Waals surface area contributed by atoms with Crippen molar-refractivity contribution in [1.29, 1.82) is 0 Å². The lowest BCUT2D eigenvalue weighted by Gasteiger charge is -2.37. The molecule has 0 radical (unpaired) electrons. The van der Waals surface area contributed by atoms with Crippen LogP contribution >= 0.6 is 0 Å². The summed E-state index contributed by atoms with van der Waals surface area (Å²) in [5.74, 6) is -2.01. The van der Waals surface area contributed by atoms with E-state index in [9.17, 15) is 23.1 Å². The van der Waals surface area contributed by atoms with Crippen molar-refractivity contribution < 1.29 is 27.9 Å². The molecule has 0 heterocycles. The van der Waals surface area contributed by atoms with Gasteiger partial charge >= 0.3 is 11.9 Å². The summed E-state index contributed by atoms with van der Waals surface area (Å²) in [5, 5.41) is 9.20. The predicted molar refractivity (Wildman–Crippen MR) is 72.3 cm³/mol. The van der Waals surface area contributed by atoms with Crippen molar-refractivity contribution in [3.05, 3.63) is 29.8 Å². The minimum absolute atomic E-state index is 0.132. The maximum absolute atomic E-state index is 12.4. The van der Waals surface area contributed by atoms with Crippen LogP contribution in [0.15, 0.2) is 29.2 Å². The Morgan fingerprint density at radius 3 is 2.38 bits per heavy atom. The fourth-order valence-electron chi connectivity index (χ4n) is 2.18. The molecule has 0 atom stereocenters. The van der Waals surface area contributed by atoms with Gasteiger partial charge in [0.15, 0.2) is 0 Å². The maximum Gasteiger partial charge on any atom is 0.339 e. The molecule has 7 nitrogen and oxygen atoms in total. The van der Waals surface area contributed by atoms with Gasteiger partial charge in [-0.15, -0.1) is 0 Å². The number of carbonyl (C=O) groups is 2. The Morgan fingerprint density at radius 1 is 1.29 bits per heavy atom. The molecule has 0 saturated heterocycles. The number of esters is 1. The minimum atomic E-state index is -4.14. The Kier molecular flexibility index (Phi) is 4.02. The highest BCUT2D eigenvalue weighted by molar-refractivity contribution is 7.89. The fourth-order valence-corrected chi connectivity index (χ4v) is 3.80. The molecule has 1 aliphatic carbocycles. The van der Waals surface area contributed by atoms with Gasteiger partial charge in [-0.1, -0.05) is 12.1 Å². The summed E-state index contributed by atoms with van der Waals surface area (Å²) in [7, 11) is -3.00. The van der Waals surface area contributed by atoms with Crippen LogP contribution in [0.1, 0.15) is 29.6 Å². The van der Waals surface area contributed by atoms with E-state index in [4.69, 9.17) is 0 Å². The van der Waals surface area contributed by atoms with E-state index in [-0.39, 0.29) is 23.3 Å². The summed E-state index contributed by atoms with van der Waals surface area (Å²) < 4.78 is 31.6. The van der Waals surface area contributed by atoms with Crippen molar-refractivity contribution in [2.45, 2.75) is 29.7 Å². The van der Waals surface area contributed by atoms with Crippen molar-refractivity contribution >= 4 is 22.0 Å². The van der Waals surface area contributed by atoms with Crippen LogP contribution < -0.4 is 4.72 Å². The lowest BCUT2D eigenvalue weighted by molar-refractivity contribution is -0.147. The Morgan fingerprint density at radius 2 is 1.90 bits per heavy atom. The molecule has 1 fully saturated rings. The van der Waals surface area contributed by atoms with E-state index in [0.717, 1.165) is 7.11 Å². The Labute approximate surface area is 122 Å². The topological polar surface area (TPSA) is 110 Å². The van der Waals surface area contributed by atoms with Crippen molar-refractivity contribution in [3.8, 4) is 0 Å². The Balaban J connectivity index is 2.41. The highest BCUT2D eigenvalue weighted by atomic mass is 32.2. The summed E-state index contributed by atoms with van der Waals surface area (Å²) in [4.78, 5) is 22.6. The number of rotatable bonds is 5. The van der Waals surface area contributed by atoms with Gasteiger partial charge < -0.3 is 9.84 Å².